The molecule has 2 aromatic rings. The van der Waals surface area contributed by atoms with E-state index in [1.807, 2.05) is 0 Å². The summed E-state index contributed by atoms with van der Waals surface area (Å²) in [4.78, 5) is 15.0. The number of carbonyl (C=O) groups excluding carboxylic acids is 1. The molecule has 1 heterocycles. The van der Waals surface area contributed by atoms with Gasteiger partial charge in [-0.3, -0.25) is 4.79 Å². The number of thiazole rings is 1. The lowest BCUT2D eigenvalue weighted by atomic mass is 10.2. The van der Waals surface area contributed by atoms with Crippen LogP contribution < -0.4 is 10.5 Å². The smallest absolute Gasteiger partial charge is 0.268 e. The maximum atomic E-state index is 13.6. The van der Waals surface area contributed by atoms with Gasteiger partial charge in [0.25, 0.3) is 5.91 Å². The van der Waals surface area contributed by atoms with E-state index in [0.717, 1.165) is 0 Å². The van der Waals surface area contributed by atoms with Gasteiger partial charge in [0.15, 0.2) is 11.6 Å². The third kappa shape index (κ3) is 2.48. The Hall–Kier alpha value is -1.95. The molecule has 0 spiro atoms. The zero-order chi connectivity index (χ0) is 13.1. The Labute approximate surface area is 107 Å². The summed E-state index contributed by atoms with van der Waals surface area (Å²) in [6.07, 6.45) is 0. The molecule has 0 aliphatic carbocycles. The van der Waals surface area contributed by atoms with E-state index in [-0.39, 0.29) is 11.4 Å². The van der Waals surface area contributed by atoms with Crippen LogP contribution >= 0.6 is 11.3 Å². The van der Waals surface area contributed by atoms with Crippen molar-refractivity contribution < 1.29 is 13.9 Å². The highest BCUT2D eigenvalue weighted by Gasteiger charge is 2.11. The highest BCUT2D eigenvalue weighted by molar-refractivity contribution is 7.13. The first kappa shape index (κ1) is 12.5. The van der Waals surface area contributed by atoms with Gasteiger partial charge in [-0.05, 0) is 25.1 Å². The van der Waals surface area contributed by atoms with E-state index in [9.17, 15) is 9.18 Å². The SMILES string of the molecule is CCOc1ccc(-c2nc(C(N)=O)cs2)cc1F. The van der Waals surface area contributed by atoms with Gasteiger partial charge in [-0.1, -0.05) is 0 Å². The molecule has 0 fully saturated rings. The van der Waals surface area contributed by atoms with Crippen molar-refractivity contribution in [3.63, 3.8) is 0 Å². The van der Waals surface area contributed by atoms with E-state index in [1.54, 1.807) is 24.4 Å². The van der Waals surface area contributed by atoms with E-state index in [0.29, 0.717) is 17.2 Å². The number of carbonyl (C=O) groups is 1. The molecule has 1 aromatic carbocycles. The Morgan fingerprint density at radius 1 is 1.56 bits per heavy atom. The lowest BCUT2D eigenvalue weighted by molar-refractivity contribution is 0.0996. The number of aromatic nitrogens is 1. The van der Waals surface area contributed by atoms with Crippen LogP contribution in [0.5, 0.6) is 5.75 Å². The number of nitrogens with zero attached hydrogens (tertiary/aromatic N) is 1. The Kier molecular flexibility index (Phi) is 3.57. The van der Waals surface area contributed by atoms with Crippen LogP contribution in [0.3, 0.4) is 0 Å². The van der Waals surface area contributed by atoms with Crippen molar-refractivity contribution in [2.45, 2.75) is 6.92 Å². The zero-order valence-corrected chi connectivity index (χ0v) is 10.5. The molecule has 4 nitrogen and oxygen atoms in total. The number of primary amides is 1. The van der Waals surface area contributed by atoms with Crippen LogP contribution in [-0.4, -0.2) is 17.5 Å². The summed E-state index contributed by atoms with van der Waals surface area (Å²) in [6.45, 7) is 2.19. The fourth-order valence-corrected chi connectivity index (χ4v) is 2.23. The van der Waals surface area contributed by atoms with Gasteiger partial charge in [0.05, 0.1) is 6.61 Å². The summed E-state index contributed by atoms with van der Waals surface area (Å²) in [7, 11) is 0. The van der Waals surface area contributed by atoms with Gasteiger partial charge in [-0.15, -0.1) is 11.3 Å². The van der Waals surface area contributed by atoms with E-state index >= 15 is 0 Å². The molecular weight excluding hydrogens is 255 g/mol. The number of nitrogens with two attached hydrogens (primary N) is 1. The number of benzene rings is 1. The molecule has 0 aliphatic rings. The van der Waals surface area contributed by atoms with Crippen LogP contribution in [-0.2, 0) is 0 Å². The molecule has 2 rings (SSSR count). The summed E-state index contributed by atoms with van der Waals surface area (Å²) in [5.74, 6) is -0.845. The van der Waals surface area contributed by atoms with Crippen LogP contribution in [0.15, 0.2) is 23.6 Å². The molecule has 18 heavy (non-hydrogen) atoms. The predicted octanol–water partition coefficient (Wildman–Crippen LogP) is 2.45. The molecule has 0 radical (unpaired) electrons. The minimum Gasteiger partial charge on any atom is -0.491 e. The Morgan fingerprint density at radius 3 is 2.89 bits per heavy atom. The molecular formula is C12H11FN2O2S. The van der Waals surface area contributed by atoms with Crippen molar-refractivity contribution in [1.82, 2.24) is 4.98 Å². The van der Waals surface area contributed by atoms with Crippen molar-refractivity contribution in [1.29, 1.82) is 0 Å². The summed E-state index contributed by atoms with van der Waals surface area (Å²) < 4.78 is 18.8. The quantitative estimate of drug-likeness (QED) is 0.924. The van der Waals surface area contributed by atoms with Gasteiger partial charge in [-0.2, -0.15) is 0 Å². The first-order chi connectivity index (χ1) is 8.61. The molecule has 0 aliphatic heterocycles. The van der Waals surface area contributed by atoms with Crippen molar-refractivity contribution in [3.05, 3.63) is 35.1 Å². The van der Waals surface area contributed by atoms with Crippen LogP contribution in [0.4, 0.5) is 4.39 Å². The third-order valence-corrected chi connectivity index (χ3v) is 3.13. The lowest BCUT2D eigenvalue weighted by Gasteiger charge is -2.05. The van der Waals surface area contributed by atoms with Crippen LogP contribution in [0.25, 0.3) is 10.6 Å². The second-order valence-electron chi connectivity index (χ2n) is 3.48. The Morgan fingerprint density at radius 2 is 2.33 bits per heavy atom. The number of halogens is 1. The minimum atomic E-state index is -0.594. The van der Waals surface area contributed by atoms with Gasteiger partial charge in [0.2, 0.25) is 0 Å². The van der Waals surface area contributed by atoms with Gasteiger partial charge < -0.3 is 10.5 Å². The van der Waals surface area contributed by atoms with Crippen molar-refractivity contribution >= 4 is 17.2 Å². The molecule has 0 saturated carbocycles. The minimum absolute atomic E-state index is 0.185. The standard InChI is InChI=1S/C12H11FN2O2S/c1-2-17-10-4-3-7(5-8(10)13)12-15-9(6-18-12)11(14)16/h3-6H,2H2,1H3,(H2,14,16). The number of hydrogen-bond acceptors (Lipinski definition) is 4. The van der Waals surface area contributed by atoms with Crippen molar-refractivity contribution in [2.24, 2.45) is 5.73 Å². The van der Waals surface area contributed by atoms with Crippen molar-refractivity contribution in [2.75, 3.05) is 6.61 Å². The summed E-state index contributed by atoms with van der Waals surface area (Å²) in [5.41, 5.74) is 5.89. The zero-order valence-electron chi connectivity index (χ0n) is 9.64. The first-order valence-corrected chi connectivity index (χ1v) is 6.18. The van der Waals surface area contributed by atoms with E-state index in [1.165, 1.54) is 17.4 Å². The molecule has 0 bridgehead atoms. The highest BCUT2D eigenvalue weighted by atomic mass is 32.1. The van der Waals surface area contributed by atoms with Gasteiger partial charge in [0.1, 0.15) is 10.7 Å². The average molecular weight is 266 g/mol. The largest absolute Gasteiger partial charge is 0.491 e. The second kappa shape index (κ2) is 5.14. The molecule has 0 unspecified atom stereocenters. The first-order valence-electron chi connectivity index (χ1n) is 5.30. The second-order valence-corrected chi connectivity index (χ2v) is 4.34. The highest BCUT2D eigenvalue weighted by Crippen LogP contribution is 2.28. The molecule has 6 heteroatoms. The van der Waals surface area contributed by atoms with Crippen LogP contribution in [0.1, 0.15) is 17.4 Å². The normalized spacial score (nSPS) is 10.3. The molecule has 0 saturated heterocycles. The number of rotatable bonds is 4. The van der Waals surface area contributed by atoms with E-state index in [4.69, 9.17) is 10.5 Å². The van der Waals surface area contributed by atoms with Crippen LogP contribution in [0, 0.1) is 5.82 Å². The summed E-state index contributed by atoms with van der Waals surface area (Å²) >= 11 is 1.24. The van der Waals surface area contributed by atoms with E-state index in [2.05, 4.69) is 4.98 Å². The summed E-state index contributed by atoms with van der Waals surface area (Å²) in [6, 6.07) is 4.56. The van der Waals surface area contributed by atoms with E-state index < -0.39 is 11.7 Å². The Bertz CT molecular complexity index is 583. The summed E-state index contributed by atoms with van der Waals surface area (Å²) in [5, 5.41) is 2.09. The third-order valence-electron chi connectivity index (χ3n) is 2.24. The monoisotopic (exact) mass is 266 g/mol. The van der Waals surface area contributed by atoms with Gasteiger partial charge >= 0.3 is 0 Å². The van der Waals surface area contributed by atoms with Gasteiger partial charge in [0, 0.05) is 10.9 Å². The molecule has 2 N–H and O–H groups in total. The molecule has 0 atom stereocenters. The lowest BCUT2D eigenvalue weighted by Crippen LogP contribution is -2.10. The Balaban J connectivity index is 2.33. The van der Waals surface area contributed by atoms with Crippen LogP contribution in [0.2, 0.25) is 0 Å². The average Bonchev–Trinajstić information content (AvgIpc) is 2.81. The molecule has 94 valence electrons. The molecule has 1 aromatic heterocycles. The molecule has 1 amide bonds. The maximum Gasteiger partial charge on any atom is 0.268 e. The van der Waals surface area contributed by atoms with Gasteiger partial charge in [-0.25, -0.2) is 9.37 Å². The predicted molar refractivity (Wildman–Crippen MR) is 67.2 cm³/mol. The fourth-order valence-electron chi connectivity index (χ4n) is 1.43. The number of hydrogen-bond donors (Lipinski definition) is 1. The number of ether oxygens (including phenoxy) is 1. The number of amides is 1. The maximum absolute atomic E-state index is 13.6. The topological polar surface area (TPSA) is 65.2 Å². The fraction of sp³-hybridized carbons (Fsp3) is 0.167. The van der Waals surface area contributed by atoms with Crippen molar-refractivity contribution in [3.8, 4) is 16.3 Å².